The molecule has 0 aliphatic rings. The average Bonchev–Trinajstić information content (AvgIpc) is 2.42. The Bertz CT molecular complexity index is 362. The van der Waals surface area contributed by atoms with Gasteiger partial charge in [-0.2, -0.15) is 0 Å². The largest absolute Gasteiger partial charge is 0.387 e. The van der Waals surface area contributed by atoms with Crippen LogP contribution in [-0.4, -0.2) is 30.9 Å². The molecule has 0 heterocycles. The van der Waals surface area contributed by atoms with Gasteiger partial charge >= 0.3 is 0 Å². The highest BCUT2D eigenvalue weighted by molar-refractivity contribution is 5.24. The fraction of sp³-hybridized carbons (Fsp3) is 0.647. The summed E-state index contributed by atoms with van der Waals surface area (Å²) in [5.74, 6) is 0.659. The number of aliphatic hydroxyl groups excluding tert-OH is 1. The number of rotatable bonds is 9. The predicted octanol–water partition coefficient (Wildman–Crippen LogP) is 2.93. The summed E-state index contributed by atoms with van der Waals surface area (Å²) in [6, 6.07) is 8.53. The smallest absolute Gasteiger partial charge is 0.0914 e. The summed E-state index contributed by atoms with van der Waals surface area (Å²) >= 11 is 0. The van der Waals surface area contributed by atoms with Crippen LogP contribution in [0, 0.1) is 5.92 Å². The Morgan fingerprint density at radius 1 is 1.15 bits per heavy atom. The van der Waals surface area contributed by atoms with E-state index in [1.807, 2.05) is 19.1 Å². The molecule has 0 aliphatic carbocycles. The number of aliphatic hydroxyl groups is 1. The van der Waals surface area contributed by atoms with E-state index in [4.69, 9.17) is 4.74 Å². The highest BCUT2D eigenvalue weighted by atomic mass is 16.5. The molecule has 20 heavy (non-hydrogen) atoms. The molecule has 0 spiro atoms. The van der Waals surface area contributed by atoms with Crippen LogP contribution in [0.3, 0.4) is 0 Å². The van der Waals surface area contributed by atoms with Crippen molar-refractivity contribution in [2.24, 2.45) is 5.92 Å². The molecule has 0 aliphatic heterocycles. The van der Waals surface area contributed by atoms with Crippen LogP contribution in [0.2, 0.25) is 0 Å². The van der Waals surface area contributed by atoms with Gasteiger partial charge in [0.1, 0.15) is 0 Å². The van der Waals surface area contributed by atoms with Crippen molar-refractivity contribution in [1.29, 1.82) is 0 Å². The van der Waals surface area contributed by atoms with Gasteiger partial charge in [0.25, 0.3) is 0 Å². The van der Waals surface area contributed by atoms with Crippen LogP contribution in [-0.2, 0) is 11.2 Å². The normalized spacial score (nSPS) is 14.5. The molecule has 3 nitrogen and oxygen atoms in total. The zero-order valence-electron chi connectivity index (χ0n) is 13.2. The summed E-state index contributed by atoms with van der Waals surface area (Å²) in [7, 11) is 0. The molecule has 0 saturated heterocycles. The zero-order chi connectivity index (χ0) is 15.0. The predicted molar refractivity (Wildman–Crippen MR) is 83.9 cm³/mol. The Balaban J connectivity index is 2.41. The second-order valence-electron chi connectivity index (χ2n) is 5.82. The van der Waals surface area contributed by atoms with Gasteiger partial charge in [-0.25, -0.2) is 0 Å². The van der Waals surface area contributed by atoms with Crippen LogP contribution >= 0.6 is 0 Å². The lowest BCUT2D eigenvalue weighted by Gasteiger charge is -2.17. The Morgan fingerprint density at radius 3 is 2.35 bits per heavy atom. The molecule has 0 fully saturated rings. The molecule has 0 bridgehead atoms. The van der Waals surface area contributed by atoms with E-state index in [0.717, 1.165) is 18.6 Å². The first-order valence-electron chi connectivity index (χ1n) is 7.61. The Morgan fingerprint density at radius 2 is 1.80 bits per heavy atom. The summed E-state index contributed by atoms with van der Waals surface area (Å²) in [6.45, 7) is 10.4. The van der Waals surface area contributed by atoms with Crippen molar-refractivity contribution in [3.05, 3.63) is 35.4 Å². The maximum absolute atomic E-state index is 10.2. The summed E-state index contributed by atoms with van der Waals surface area (Å²) < 4.78 is 5.34. The van der Waals surface area contributed by atoms with Crippen LogP contribution in [0.25, 0.3) is 0 Å². The van der Waals surface area contributed by atoms with Crippen LogP contribution < -0.4 is 5.32 Å². The Labute approximate surface area is 123 Å². The third-order valence-electron chi connectivity index (χ3n) is 3.24. The lowest BCUT2D eigenvalue weighted by atomic mass is 10.0. The van der Waals surface area contributed by atoms with E-state index in [2.05, 4.69) is 38.2 Å². The molecule has 1 aromatic carbocycles. The topological polar surface area (TPSA) is 41.5 Å². The van der Waals surface area contributed by atoms with E-state index >= 15 is 0 Å². The lowest BCUT2D eigenvalue weighted by Crippen LogP contribution is -2.33. The molecular weight excluding hydrogens is 250 g/mol. The summed E-state index contributed by atoms with van der Waals surface area (Å²) in [6.07, 6.45) is 0.618. The molecule has 0 amide bonds. The number of hydrogen-bond donors (Lipinski definition) is 2. The van der Waals surface area contributed by atoms with Crippen LogP contribution in [0.1, 0.15) is 44.9 Å². The highest BCUT2D eigenvalue weighted by Gasteiger charge is 2.09. The van der Waals surface area contributed by atoms with Crippen molar-refractivity contribution < 1.29 is 9.84 Å². The van der Waals surface area contributed by atoms with E-state index in [0.29, 0.717) is 19.1 Å². The maximum Gasteiger partial charge on any atom is 0.0914 e. The minimum Gasteiger partial charge on any atom is -0.387 e. The van der Waals surface area contributed by atoms with Gasteiger partial charge in [0.05, 0.1) is 12.7 Å². The van der Waals surface area contributed by atoms with Gasteiger partial charge in [0, 0.05) is 19.2 Å². The summed E-state index contributed by atoms with van der Waals surface area (Å²) in [4.78, 5) is 0. The molecule has 0 aromatic heterocycles. The summed E-state index contributed by atoms with van der Waals surface area (Å²) in [5.41, 5.74) is 2.29. The molecule has 114 valence electrons. The van der Waals surface area contributed by atoms with Crippen LogP contribution in [0.5, 0.6) is 0 Å². The van der Waals surface area contributed by atoms with E-state index in [1.165, 1.54) is 5.56 Å². The number of ether oxygens (including phenoxy) is 1. The molecular formula is C17H29NO2. The van der Waals surface area contributed by atoms with E-state index in [9.17, 15) is 5.11 Å². The first-order chi connectivity index (χ1) is 9.52. The highest BCUT2D eigenvalue weighted by Crippen LogP contribution is 2.15. The SMILES string of the molecule is CCOCC(C)NCC(O)c1ccc(CC(C)C)cc1. The van der Waals surface area contributed by atoms with Gasteiger partial charge in [-0.1, -0.05) is 38.1 Å². The first-order valence-corrected chi connectivity index (χ1v) is 7.61. The number of hydrogen-bond acceptors (Lipinski definition) is 3. The molecule has 0 saturated carbocycles. The third-order valence-corrected chi connectivity index (χ3v) is 3.24. The third kappa shape index (κ3) is 6.51. The standard InChI is InChI=1S/C17H29NO2/c1-5-20-12-14(4)18-11-17(19)16-8-6-15(7-9-16)10-13(2)3/h6-9,13-14,17-19H,5,10-12H2,1-4H3. The van der Waals surface area contributed by atoms with Crippen molar-refractivity contribution in [1.82, 2.24) is 5.32 Å². The summed E-state index contributed by atoms with van der Waals surface area (Å²) in [5, 5.41) is 13.5. The van der Waals surface area contributed by atoms with Gasteiger partial charge < -0.3 is 15.2 Å². The van der Waals surface area contributed by atoms with Crippen molar-refractivity contribution in [2.75, 3.05) is 19.8 Å². The second-order valence-corrected chi connectivity index (χ2v) is 5.82. The first kappa shape index (κ1) is 17.2. The van der Waals surface area contributed by atoms with Crippen molar-refractivity contribution in [3.63, 3.8) is 0 Å². The van der Waals surface area contributed by atoms with E-state index in [-0.39, 0.29) is 6.04 Å². The Hall–Kier alpha value is -0.900. The van der Waals surface area contributed by atoms with Crippen molar-refractivity contribution in [3.8, 4) is 0 Å². The van der Waals surface area contributed by atoms with Gasteiger partial charge in [-0.3, -0.25) is 0 Å². The molecule has 2 atom stereocenters. The zero-order valence-corrected chi connectivity index (χ0v) is 13.2. The fourth-order valence-electron chi connectivity index (χ4n) is 2.13. The second kappa shape index (κ2) is 9.11. The Kier molecular flexibility index (Phi) is 7.82. The van der Waals surface area contributed by atoms with Gasteiger partial charge in [0.15, 0.2) is 0 Å². The monoisotopic (exact) mass is 279 g/mol. The quantitative estimate of drug-likeness (QED) is 0.730. The van der Waals surface area contributed by atoms with E-state index < -0.39 is 6.10 Å². The lowest BCUT2D eigenvalue weighted by molar-refractivity contribution is 0.116. The van der Waals surface area contributed by atoms with Crippen molar-refractivity contribution >= 4 is 0 Å². The average molecular weight is 279 g/mol. The molecule has 1 rings (SSSR count). The molecule has 2 N–H and O–H groups in total. The van der Waals surface area contributed by atoms with Crippen LogP contribution in [0.4, 0.5) is 0 Å². The van der Waals surface area contributed by atoms with Gasteiger partial charge in [0.2, 0.25) is 0 Å². The van der Waals surface area contributed by atoms with Crippen LogP contribution in [0.15, 0.2) is 24.3 Å². The fourth-order valence-corrected chi connectivity index (χ4v) is 2.13. The maximum atomic E-state index is 10.2. The molecule has 1 aromatic rings. The number of nitrogens with one attached hydrogen (secondary N) is 1. The minimum atomic E-state index is -0.466. The molecule has 0 radical (unpaired) electrons. The van der Waals surface area contributed by atoms with Gasteiger partial charge in [-0.05, 0) is 37.3 Å². The molecule has 3 heteroatoms. The number of benzene rings is 1. The molecule has 2 unspecified atom stereocenters. The van der Waals surface area contributed by atoms with Crippen molar-refractivity contribution in [2.45, 2.75) is 46.3 Å². The van der Waals surface area contributed by atoms with Gasteiger partial charge in [-0.15, -0.1) is 0 Å². The minimum absolute atomic E-state index is 0.254. The van der Waals surface area contributed by atoms with E-state index in [1.54, 1.807) is 0 Å².